The van der Waals surface area contributed by atoms with E-state index in [-0.39, 0.29) is 23.6 Å². The highest BCUT2D eigenvalue weighted by molar-refractivity contribution is 5.91. The summed E-state index contributed by atoms with van der Waals surface area (Å²) in [6.45, 7) is 3.00. The van der Waals surface area contributed by atoms with Crippen LogP contribution >= 0.6 is 0 Å². The standard InChI is InChI=1S/C31H31NO4/c1-20(23-13-7-10-21-9-3-4-11-24(21)23)32-18-17-22-19-28(25-12-5-6-16-29(25)36-22)26-14-8-15-27(31(33)34)30(26)35-2/h3-16,20,22,28,32H,17-19H2,1-2H3,(H,33,34)/t20-,22+,28-/m1/s1. The predicted octanol–water partition coefficient (Wildman–Crippen LogP) is 6.57. The summed E-state index contributed by atoms with van der Waals surface area (Å²) in [5.41, 5.74) is 3.42. The molecule has 0 bridgehead atoms. The number of benzene rings is 4. The van der Waals surface area contributed by atoms with Gasteiger partial charge in [0.15, 0.2) is 0 Å². The van der Waals surface area contributed by atoms with Crippen molar-refractivity contribution < 1.29 is 19.4 Å². The Kier molecular flexibility index (Phi) is 6.92. The second-order valence-electron chi connectivity index (χ2n) is 9.33. The molecule has 0 radical (unpaired) electrons. The maximum absolute atomic E-state index is 11.8. The predicted molar refractivity (Wildman–Crippen MR) is 142 cm³/mol. The van der Waals surface area contributed by atoms with Gasteiger partial charge >= 0.3 is 5.97 Å². The van der Waals surface area contributed by atoms with Crippen molar-refractivity contribution in [1.82, 2.24) is 5.32 Å². The van der Waals surface area contributed by atoms with Gasteiger partial charge in [0.2, 0.25) is 0 Å². The van der Waals surface area contributed by atoms with E-state index in [1.807, 2.05) is 24.3 Å². The van der Waals surface area contributed by atoms with Gasteiger partial charge in [0.05, 0.1) is 7.11 Å². The minimum Gasteiger partial charge on any atom is -0.496 e. The maximum atomic E-state index is 11.8. The van der Waals surface area contributed by atoms with Crippen LogP contribution in [0.3, 0.4) is 0 Å². The number of hydrogen-bond donors (Lipinski definition) is 2. The molecule has 0 aliphatic carbocycles. The molecule has 1 aliphatic heterocycles. The van der Waals surface area contributed by atoms with Crippen molar-refractivity contribution in [3.63, 3.8) is 0 Å². The van der Waals surface area contributed by atoms with Crippen molar-refractivity contribution in [3.8, 4) is 11.5 Å². The lowest BCUT2D eigenvalue weighted by molar-refractivity contribution is 0.0693. The smallest absolute Gasteiger partial charge is 0.339 e. The topological polar surface area (TPSA) is 67.8 Å². The molecule has 5 heteroatoms. The van der Waals surface area contributed by atoms with Crippen LogP contribution in [0.1, 0.15) is 58.8 Å². The van der Waals surface area contributed by atoms with E-state index in [4.69, 9.17) is 9.47 Å². The number of hydrogen-bond acceptors (Lipinski definition) is 4. The summed E-state index contributed by atoms with van der Waals surface area (Å²) < 4.78 is 12.0. The Morgan fingerprint density at radius 1 is 1.00 bits per heavy atom. The molecule has 184 valence electrons. The zero-order valence-corrected chi connectivity index (χ0v) is 20.6. The molecule has 0 amide bonds. The lowest BCUT2D eigenvalue weighted by Crippen LogP contribution is -2.31. The molecule has 0 saturated carbocycles. The zero-order chi connectivity index (χ0) is 25.1. The number of carboxylic acids is 1. The molecule has 0 spiro atoms. The molecule has 5 rings (SSSR count). The first-order chi connectivity index (χ1) is 17.6. The normalized spacial score (nSPS) is 17.7. The van der Waals surface area contributed by atoms with Gasteiger partial charge in [-0.15, -0.1) is 0 Å². The fourth-order valence-electron chi connectivity index (χ4n) is 5.39. The third kappa shape index (κ3) is 4.67. The van der Waals surface area contributed by atoms with Gasteiger partial charge < -0.3 is 19.9 Å². The van der Waals surface area contributed by atoms with Gasteiger partial charge in [-0.3, -0.25) is 0 Å². The minimum atomic E-state index is -0.989. The summed E-state index contributed by atoms with van der Waals surface area (Å²) in [6.07, 6.45) is 1.58. The first kappa shape index (κ1) is 23.9. The lowest BCUT2D eigenvalue weighted by atomic mass is 9.82. The average Bonchev–Trinajstić information content (AvgIpc) is 2.91. The highest BCUT2D eigenvalue weighted by Gasteiger charge is 2.32. The SMILES string of the molecule is COc1c(C(=O)O)cccc1[C@@H]1C[C@H](CCN[C@H](C)c2cccc3ccccc23)Oc2ccccc21. The van der Waals surface area contributed by atoms with Gasteiger partial charge in [-0.2, -0.15) is 0 Å². The molecule has 0 unspecified atom stereocenters. The number of para-hydroxylation sites is 2. The summed E-state index contributed by atoms with van der Waals surface area (Å²) in [5.74, 6) is 0.277. The third-order valence-electron chi connectivity index (χ3n) is 7.15. The van der Waals surface area contributed by atoms with E-state index >= 15 is 0 Å². The van der Waals surface area contributed by atoms with Crippen LogP contribution in [-0.2, 0) is 0 Å². The Balaban J connectivity index is 1.34. The Morgan fingerprint density at radius 2 is 1.72 bits per heavy atom. The van der Waals surface area contributed by atoms with Crippen LogP contribution in [0.2, 0.25) is 0 Å². The van der Waals surface area contributed by atoms with E-state index in [1.165, 1.54) is 23.4 Å². The molecule has 2 N–H and O–H groups in total. The second-order valence-corrected chi connectivity index (χ2v) is 9.33. The van der Waals surface area contributed by atoms with Gasteiger partial charge in [0.25, 0.3) is 0 Å². The molecule has 1 heterocycles. The molecule has 4 aromatic carbocycles. The maximum Gasteiger partial charge on any atom is 0.339 e. The van der Waals surface area contributed by atoms with Crippen molar-refractivity contribution in [1.29, 1.82) is 0 Å². The number of methoxy groups -OCH3 is 1. The summed E-state index contributed by atoms with van der Waals surface area (Å²) in [5, 5.41) is 15.9. The molecule has 3 atom stereocenters. The molecule has 0 saturated heterocycles. The quantitative estimate of drug-likeness (QED) is 0.298. The molecule has 4 aromatic rings. The van der Waals surface area contributed by atoms with Crippen molar-refractivity contribution in [3.05, 3.63) is 107 Å². The van der Waals surface area contributed by atoms with Crippen LogP contribution in [0.15, 0.2) is 84.9 Å². The summed E-state index contributed by atoms with van der Waals surface area (Å²) in [7, 11) is 1.53. The van der Waals surface area contributed by atoms with E-state index in [2.05, 4.69) is 60.8 Å². The van der Waals surface area contributed by atoms with Crippen molar-refractivity contribution in [2.75, 3.05) is 13.7 Å². The number of ether oxygens (including phenoxy) is 2. The van der Waals surface area contributed by atoms with E-state index < -0.39 is 5.97 Å². The van der Waals surface area contributed by atoms with Gasteiger partial charge in [-0.05, 0) is 54.8 Å². The Labute approximate surface area is 211 Å². The largest absolute Gasteiger partial charge is 0.496 e. The first-order valence-corrected chi connectivity index (χ1v) is 12.4. The summed E-state index contributed by atoms with van der Waals surface area (Å²) in [4.78, 5) is 11.8. The number of carboxylic acid groups (broad SMARTS) is 1. The number of nitrogens with one attached hydrogen (secondary N) is 1. The van der Waals surface area contributed by atoms with E-state index in [0.29, 0.717) is 5.75 Å². The number of fused-ring (bicyclic) bond motifs is 2. The van der Waals surface area contributed by atoms with Crippen molar-refractivity contribution >= 4 is 16.7 Å². The minimum absolute atomic E-state index is 0.00434. The van der Waals surface area contributed by atoms with Gasteiger partial charge in [-0.1, -0.05) is 72.8 Å². The highest BCUT2D eigenvalue weighted by Crippen LogP contribution is 2.44. The lowest BCUT2D eigenvalue weighted by Gasteiger charge is -2.33. The zero-order valence-electron chi connectivity index (χ0n) is 20.6. The van der Waals surface area contributed by atoms with Gasteiger partial charge in [0, 0.05) is 23.1 Å². The van der Waals surface area contributed by atoms with E-state index in [9.17, 15) is 9.90 Å². The molecule has 5 nitrogen and oxygen atoms in total. The van der Waals surface area contributed by atoms with Crippen LogP contribution in [0, 0.1) is 0 Å². The van der Waals surface area contributed by atoms with E-state index in [0.717, 1.165) is 36.3 Å². The molecule has 36 heavy (non-hydrogen) atoms. The molecular weight excluding hydrogens is 450 g/mol. The van der Waals surface area contributed by atoms with Crippen molar-refractivity contribution in [2.24, 2.45) is 0 Å². The Morgan fingerprint density at radius 3 is 2.56 bits per heavy atom. The van der Waals surface area contributed by atoms with Crippen LogP contribution in [0.4, 0.5) is 0 Å². The average molecular weight is 482 g/mol. The summed E-state index contributed by atoms with van der Waals surface area (Å²) >= 11 is 0. The Hall–Kier alpha value is -3.83. The Bertz CT molecular complexity index is 1380. The highest BCUT2D eigenvalue weighted by atomic mass is 16.5. The molecule has 0 aromatic heterocycles. The fourth-order valence-corrected chi connectivity index (χ4v) is 5.39. The molecular formula is C31H31NO4. The summed E-state index contributed by atoms with van der Waals surface area (Å²) in [6, 6.07) is 28.5. The molecule has 1 aliphatic rings. The van der Waals surface area contributed by atoms with Gasteiger partial charge in [-0.25, -0.2) is 4.79 Å². The number of carbonyl (C=O) groups is 1. The van der Waals surface area contributed by atoms with E-state index in [1.54, 1.807) is 12.1 Å². The van der Waals surface area contributed by atoms with Crippen LogP contribution in [0.25, 0.3) is 10.8 Å². The van der Waals surface area contributed by atoms with Crippen LogP contribution < -0.4 is 14.8 Å². The molecule has 0 fully saturated rings. The van der Waals surface area contributed by atoms with Crippen LogP contribution in [0.5, 0.6) is 11.5 Å². The van der Waals surface area contributed by atoms with Crippen LogP contribution in [-0.4, -0.2) is 30.8 Å². The van der Waals surface area contributed by atoms with Gasteiger partial charge in [0.1, 0.15) is 23.2 Å². The number of rotatable bonds is 8. The van der Waals surface area contributed by atoms with Crippen molar-refractivity contribution in [2.45, 2.75) is 37.8 Å². The third-order valence-corrected chi connectivity index (χ3v) is 7.15. The second kappa shape index (κ2) is 10.4. The number of aromatic carboxylic acids is 1. The monoisotopic (exact) mass is 481 g/mol. The fraction of sp³-hybridized carbons (Fsp3) is 0.258. The first-order valence-electron chi connectivity index (χ1n) is 12.4.